The predicted molar refractivity (Wildman–Crippen MR) is 115 cm³/mol. The fourth-order valence-electron chi connectivity index (χ4n) is 3.83. The van der Waals surface area contributed by atoms with E-state index in [1.54, 1.807) is 19.4 Å². The van der Waals surface area contributed by atoms with Crippen molar-refractivity contribution in [1.82, 2.24) is 15.2 Å². The molecule has 2 heterocycles. The monoisotopic (exact) mass is 405 g/mol. The Bertz CT molecular complexity index is 1060. The molecule has 30 heavy (non-hydrogen) atoms. The average Bonchev–Trinajstić information content (AvgIpc) is 2.74. The van der Waals surface area contributed by atoms with Crippen LogP contribution >= 0.6 is 0 Å². The maximum Gasteiger partial charge on any atom is 0.148 e. The van der Waals surface area contributed by atoms with Crippen LogP contribution in [0.25, 0.3) is 17.0 Å². The number of hydrogen-bond donors (Lipinski definition) is 2. The zero-order valence-corrected chi connectivity index (χ0v) is 16.9. The molecule has 3 N–H and O–H groups in total. The summed E-state index contributed by atoms with van der Waals surface area (Å²) in [7, 11) is 1.59. The van der Waals surface area contributed by atoms with Crippen LogP contribution in [0.2, 0.25) is 0 Å². The van der Waals surface area contributed by atoms with Crippen molar-refractivity contribution < 1.29 is 9.13 Å². The Morgan fingerprint density at radius 1 is 1.23 bits per heavy atom. The first-order chi connectivity index (χ1) is 14.5. The van der Waals surface area contributed by atoms with Crippen LogP contribution in [-0.2, 0) is 5.41 Å². The number of benzene rings is 1. The molecule has 1 aliphatic rings. The summed E-state index contributed by atoms with van der Waals surface area (Å²) in [6.45, 7) is 4.33. The number of aromatic nitrogens is 3. The SMILES string of the molecule is C=C(N)c1ccc(-c2ccc(NCC3(c4ncccc4F)CCC3)nn2)cc1OC. The summed E-state index contributed by atoms with van der Waals surface area (Å²) < 4.78 is 19.7. The molecule has 0 amide bonds. The van der Waals surface area contributed by atoms with E-state index in [-0.39, 0.29) is 11.2 Å². The molecule has 0 spiro atoms. The second-order valence-corrected chi connectivity index (χ2v) is 7.57. The molecule has 3 aromatic rings. The fraction of sp³-hybridized carbons (Fsp3) is 0.261. The van der Waals surface area contributed by atoms with Crippen LogP contribution in [0.3, 0.4) is 0 Å². The van der Waals surface area contributed by atoms with E-state index in [9.17, 15) is 4.39 Å². The third-order valence-corrected chi connectivity index (χ3v) is 5.69. The van der Waals surface area contributed by atoms with Gasteiger partial charge in [-0.15, -0.1) is 10.2 Å². The molecule has 1 saturated carbocycles. The van der Waals surface area contributed by atoms with Gasteiger partial charge in [0.15, 0.2) is 0 Å². The highest BCUT2D eigenvalue weighted by atomic mass is 19.1. The van der Waals surface area contributed by atoms with Gasteiger partial charge in [-0.1, -0.05) is 19.1 Å². The van der Waals surface area contributed by atoms with Crippen LogP contribution in [0.1, 0.15) is 30.5 Å². The zero-order valence-electron chi connectivity index (χ0n) is 16.9. The Hall–Kier alpha value is -3.48. The number of methoxy groups -OCH3 is 1. The molecule has 0 atom stereocenters. The minimum atomic E-state index is -0.292. The van der Waals surface area contributed by atoms with Crippen molar-refractivity contribution in [3.63, 3.8) is 0 Å². The molecule has 7 heteroatoms. The van der Waals surface area contributed by atoms with Crippen LogP contribution in [0.15, 0.2) is 55.2 Å². The molecular weight excluding hydrogens is 381 g/mol. The summed E-state index contributed by atoms with van der Waals surface area (Å²) in [6, 6.07) is 12.5. The van der Waals surface area contributed by atoms with Gasteiger partial charge in [-0.25, -0.2) is 4.39 Å². The number of nitrogens with two attached hydrogens (primary N) is 1. The predicted octanol–water partition coefficient (Wildman–Crippen LogP) is 4.15. The Kier molecular flexibility index (Phi) is 5.35. The van der Waals surface area contributed by atoms with Crippen LogP contribution in [-0.4, -0.2) is 28.8 Å². The number of pyridine rings is 1. The number of halogens is 1. The van der Waals surface area contributed by atoms with E-state index in [4.69, 9.17) is 10.5 Å². The highest BCUT2D eigenvalue weighted by Gasteiger charge is 2.41. The van der Waals surface area contributed by atoms with Gasteiger partial charge in [0.05, 0.1) is 18.5 Å². The number of ether oxygens (including phenoxy) is 1. The highest BCUT2D eigenvalue weighted by Crippen LogP contribution is 2.43. The normalized spacial score (nSPS) is 14.6. The molecule has 1 aromatic carbocycles. The number of anilines is 1. The molecule has 4 rings (SSSR count). The van der Waals surface area contributed by atoms with Crippen LogP contribution < -0.4 is 15.8 Å². The lowest BCUT2D eigenvalue weighted by atomic mass is 9.66. The van der Waals surface area contributed by atoms with Gasteiger partial charge in [0.2, 0.25) is 0 Å². The van der Waals surface area contributed by atoms with E-state index in [2.05, 4.69) is 27.1 Å². The smallest absolute Gasteiger partial charge is 0.148 e. The largest absolute Gasteiger partial charge is 0.496 e. The number of nitrogens with one attached hydrogen (secondary N) is 1. The Morgan fingerprint density at radius 2 is 2.07 bits per heavy atom. The molecule has 6 nitrogen and oxygen atoms in total. The number of rotatable bonds is 7. The van der Waals surface area contributed by atoms with Gasteiger partial charge in [-0.2, -0.15) is 0 Å². The molecule has 0 saturated heterocycles. The lowest BCUT2D eigenvalue weighted by Gasteiger charge is -2.41. The molecular formula is C23H24FN5O. The zero-order chi connectivity index (χ0) is 21.1. The van der Waals surface area contributed by atoms with Crippen molar-refractivity contribution in [3.8, 4) is 17.0 Å². The summed E-state index contributed by atoms with van der Waals surface area (Å²) in [4.78, 5) is 4.30. The first-order valence-electron chi connectivity index (χ1n) is 9.84. The van der Waals surface area contributed by atoms with Crippen LogP contribution in [0.5, 0.6) is 5.75 Å². The quantitative estimate of drug-likeness (QED) is 0.614. The lowest BCUT2D eigenvalue weighted by Crippen LogP contribution is -2.42. The van der Waals surface area contributed by atoms with Gasteiger partial charge >= 0.3 is 0 Å². The van der Waals surface area contributed by atoms with E-state index < -0.39 is 0 Å². The Morgan fingerprint density at radius 3 is 2.67 bits per heavy atom. The molecule has 1 fully saturated rings. The third kappa shape index (κ3) is 3.70. The maximum absolute atomic E-state index is 14.3. The maximum atomic E-state index is 14.3. The van der Waals surface area contributed by atoms with Gasteiger partial charge < -0.3 is 15.8 Å². The van der Waals surface area contributed by atoms with Gasteiger partial charge in [0, 0.05) is 35.0 Å². The summed E-state index contributed by atoms with van der Waals surface area (Å²) in [5, 5.41) is 11.9. The van der Waals surface area contributed by atoms with E-state index in [0.29, 0.717) is 35.2 Å². The second kappa shape index (κ2) is 8.10. The van der Waals surface area contributed by atoms with Gasteiger partial charge in [0.25, 0.3) is 0 Å². The molecule has 0 aliphatic heterocycles. The Balaban J connectivity index is 1.49. The second-order valence-electron chi connectivity index (χ2n) is 7.57. The van der Waals surface area contributed by atoms with Crippen molar-refractivity contribution in [2.75, 3.05) is 19.0 Å². The van der Waals surface area contributed by atoms with Crippen molar-refractivity contribution in [2.24, 2.45) is 5.73 Å². The topological polar surface area (TPSA) is 86.0 Å². The lowest BCUT2D eigenvalue weighted by molar-refractivity contribution is 0.243. The van der Waals surface area contributed by atoms with Gasteiger partial charge in [-0.05, 0) is 49.2 Å². The molecule has 154 valence electrons. The minimum absolute atomic E-state index is 0.252. The summed E-state index contributed by atoms with van der Waals surface area (Å²) >= 11 is 0. The first-order valence-corrected chi connectivity index (χ1v) is 9.84. The molecule has 1 aliphatic carbocycles. The molecule has 2 aromatic heterocycles. The number of hydrogen-bond acceptors (Lipinski definition) is 6. The van der Waals surface area contributed by atoms with E-state index in [1.807, 2.05) is 30.3 Å². The number of nitrogens with zero attached hydrogens (tertiary/aromatic N) is 3. The van der Waals surface area contributed by atoms with E-state index in [1.165, 1.54) is 6.07 Å². The minimum Gasteiger partial charge on any atom is -0.496 e. The summed E-state index contributed by atoms with van der Waals surface area (Å²) in [5.74, 6) is 1.02. The van der Waals surface area contributed by atoms with Gasteiger partial charge in [-0.3, -0.25) is 4.98 Å². The van der Waals surface area contributed by atoms with Crippen LogP contribution in [0.4, 0.5) is 10.2 Å². The summed E-state index contributed by atoms with van der Waals surface area (Å²) in [5.41, 5.74) is 8.80. The van der Waals surface area contributed by atoms with E-state index >= 15 is 0 Å². The van der Waals surface area contributed by atoms with Crippen molar-refractivity contribution in [2.45, 2.75) is 24.7 Å². The molecule has 0 unspecified atom stereocenters. The van der Waals surface area contributed by atoms with Crippen molar-refractivity contribution in [3.05, 3.63) is 72.3 Å². The summed E-state index contributed by atoms with van der Waals surface area (Å²) in [6.07, 6.45) is 4.51. The fourth-order valence-corrected chi connectivity index (χ4v) is 3.83. The molecule has 0 bridgehead atoms. The van der Waals surface area contributed by atoms with Crippen LogP contribution in [0, 0.1) is 5.82 Å². The molecule has 0 radical (unpaired) electrons. The highest BCUT2D eigenvalue weighted by molar-refractivity contribution is 5.72. The third-order valence-electron chi connectivity index (χ3n) is 5.69. The first kappa shape index (κ1) is 19.8. The average molecular weight is 405 g/mol. The van der Waals surface area contributed by atoms with Crippen molar-refractivity contribution in [1.29, 1.82) is 0 Å². The Labute approximate surface area is 175 Å². The van der Waals surface area contributed by atoms with Gasteiger partial charge in [0.1, 0.15) is 17.4 Å². The van der Waals surface area contributed by atoms with Crippen molar-refractivity contribution >= 4 is 11.5 Å². The standard InChI is InChI=1S/C23H24FN5O/c1-15(25)17-7-6-16(13-20(17)30-2)19-8-9-21(29-28-19)27-14-23(10-4-11-23)22-18(24)5-3-12-26-22/h3,5-9,12-13H,1,4,10-11,14,25H2,2H3,(H,27,29). The van der Waals surface area contributed by atoms with E-state index in [0.717, 1.165) is 30.4 Å².